The molecular formula is C23H27Cl4N5O7S. The Hall–Kier alpha value is -1.55. The topological polar surface area (TPSA) is 133 Å². The molecule has 4 rings (SSSR count). The zero-order chi connectivity index (χ0) is 28.9. The molecule has 0 unspecified atom stereocenters. The van der Waals surface area contributed by atoms with Crippen LogP contribution in [0.3, 0.4) is 0 Å². The van der Waals surface area contributed by atoms with Crippen molar-refractivity contribution in [1.29, 1.82) is 0 Å². The summed E-state index contributed by atoms with van der Waals surface area (Å²) in [6, 6.07) is 0. The number of amides is 2. The van der Waals surface area contributed by atoms with Crippen molar-refractivity contribution in [3.05, 3.63) is 43.1 Å². The lowest BCUT2D eigenvalue weighted by Gasteiger charge is -2.25. The Balaban J connectivity index is 1.04. The van der Waals surface area contributed by atoms with E-state index in [0.717, 1.165) is 10.6 Å². The van der Waals surface area contributed by atoms with Crippen LogP contribution in [0, 0.1) is 0 Å². The van der Waals surface area contributed by atoms with E-state index in [9.17, 15) is 18.0 Å². The monoisotopic (exact) mass is 657 g/mol. The second-order valence-electron chi connectivity index (χ2n) is 9.01. The highest BCUT2D eigenvalue weighted by Gasteiger charge is 2.41. The van der Waals surface area contributed by atoms with E-state index >= 15 is 0 Å². The summed E-state index contributed by atoms with van der Waals surface area (Å²) in [7, 11) is -2.91. The van der Waals surface area contributed by atoms with Gasteiger partial charge in [-0.3, -0.25) is 19.4 Å². The Morgan fingerprint density at radius 3 is 1.80 bits per heavy atom. The van der Waals surface area contributed by atoms with E-state index in [2.05, 4.69) is 15.2 Å². The molecule has 0 spiro atoms. The van der Waals surface area contributed by atoms with Gasteiger partial charge in [0.2, 0.25) is 0 Å². The van der Waals surface area contributed by atoms with Gasteiger partial charge in [-0.05, 0) is 0 Å². The molecule has 2 aliphatic heterocycles. The Kier molecular flexibility index (Phi) is 11.0. The third-order valence-electron chi connectivity index (χ3n) is 6.26. The van der Waals surface area contributed by atoms with Crippen molar-refractivity contribution in [3.8, 4) is 0 Å². The number of halogens is 4. The van der Waals surface area contributed by atoms with Crippen molar-refractivity contribution in [1.82, 2.24) is 24.8 Å². The summed E-state index contributed by atoms with van der Waals surface area (Å²) in [6.07, 6.45) is 1.83. The molecule has 0 atom stereocenters. The number of ether oxygens (including phenoxy) is 3. The predicted octanol–water partition coefficient (Wildman–Crippen LogP) is 2.47. The maximum Gasteiger partial charge on any atom is 0.263 e. The highest BCUT2D eigenvalue weighted by Crippen LogP contribution is 2.44. The maximum atomic E-state index is 12.7. The number of hydrogen-bond donors (Lipinski definition) is 0. The van der Waals surface area contributed by atoms with Gasteiger partial charge < -0.3 is 14.2 Å². The molecule has 2 amide bonds. The van der Waals surface area contributed by atoms with E-state index in [-0.39, 0.29) is 62.5 Å². The van der Waals surface area contributed by atoms with Gasteiger partial charge in [-0.25, -0.2) is 13.1 Å². The average Bonchev–Trinajstić information content (AvgIpc) is 3.47. The fraction of sp³-hybridized carbons (Fsp3) is 0.565. The number of hydrogen-bond acceptors (Lipinski definition) is 10. The minimum atomic E-state index is -2.91. The van der Waals surface area contributed by atoms with Crippen LogP contribution < -0.4 is 0 Å². The number of imide groups is 1. The minimum absolute atomic E-state index is 0.00128. The molecule has 0 N–H and O–H groups in total. The highest BCUT2D eigenvalue weighted by atomic mass is 35.5. The molecular weight excluding hydrogens is 632 g/mol. The van der Waals surface area contributed by atoms with Gasteiger partial charge in [0.1, 0.15) is 0 Å². The molecule has 1 fully saturated rings. The Morgan fingerprint density at radius 2 is 1.25 bits per heavy atom. The van der Waals surface area contributed by atoms with Crippen molar-refractivity contribution in [3.63, 3.8) is 0 Å². The molecule has 1 aromatic heterocycles. The van der Waals surface area contributed by atoms with Crippen LogP contribution in [0.25, 0.3) is 0 Å². The van der Waals surface area contributed by atoms with Crippen LogP contribution >= 0.6 is 46.4 Å². The molecule has 17 heteroatoms. The summed E-state index contributed by atoms with van der Waals surface area (Å²) < 4.78 is 41.2. The lowest BCUT2D eigenvalue weighted by atomic mass is 10.1. The SMILES string of the molecule is O=C1c2c(Cl)c(Cl)c(Cl)c(Cl)c2C(=O)N1CCOCCOCCOCCn1cc(CN2CCS(=O)(=O)CC2)nn1. The van der Waals surface area contributed by atoms with Crippen LogP contribution in [-0.2, 0) is 37.1 Å². The average molecular weight is 659 g/mol. The van der Waals surface area contributed by atoms with Crippen LogP contribution in [0.4, 0.5) is 0 Å². The normalized spacial score (nSPS) is 17.1. The van der Waals surface area contributed by atoms with Crippen molar-refractivity contribution in [2.75, 3.05) is 70.8 Å². The van der Waals surface area contributed by atoms with E-state index in [0.29, 0.717) is 52.6 Å². The molecule has 3 heterocycles. The molecule has 2 aliphatic rings. The third-order valence-corrected chi connectivity index (χ3v) is 9.67. The van der Waals surface area contributed by atoms with Crippen molar-refractivity contribution in [2.45, 2.75) is 13.1 Å². The van der Waals surface area contributed by atoms with Crippen LogP contribution in [0.5, 0.6) is 0 Å². The van der Waals surface area contributed by atoms with Crippen molar-refractivity contribution < 1.29 is 32.2 Å². The van der Waals surface area contributed by atoms with E-state index in [1.807, 2.05) is 6.20 Å². The van der Waals surface area contributed by atoms with Gasteiger partial charge in [0, 0.05) is 25.8 Å². The summed E-state index contributed by atoms with van der Waals surface area (Å²) >= 11 is 24.3. The molecule has 1 saturated heterocycles. The first-order valence-electron chi connectivity index (χ1n) is 12.4. The quantitative estimate of drug-likeness (QED) is 0.129. The van der Waals surface area contributed by atoms with E-state index in [1.165, 1.54) is 0 Å². The van der Waals surface area contributed by atoms with Crippen molar-refractivity contribution >= 4 is 68.1 Å². The molecule has 0 bridgehead atoms. The van der Waals surface area contributed by atoms with E-state index < -0.39 is 21.7 Å². The standard InChI is InChI=1S/C23H27Cl4N5O7S/c24-18-16-17(19(25)21(27)20(18)26)23(34)32(22(16)33)2-6-38-8-10-39-9-7-37-5-1-31-14-15(28-29-31)13-30-3-11-40(35,36)12-4-30/h14H,1-13H2. The second-order valence-corrected chi connectivity index (χ2v) is 12.8. The largest absolute Gasteiger partial charge is 0.377 e. The molecule has 0 saturated carbocycles. The van der Waals surface area contributed by atoms with Crippen LogP contribution in [-0.4, -0.2) is 116 Å². The minimum Gasteiger partial charge on any atom is -0.377 e. The van der Waals surface area contributed by atoms with Gasteiger partial charge in [-0.2, -0.15) is 0 Å². The van der Waals surface area contributed by atoms with Gasteiger partial charge in [-0.15, -0.1) is 5.10 Å². The van der Waals surface area contributed by atoms with E-state index in [1.54, 1.807) is 4.68 Å². The molecule has 40 heavy (non-hydrogen) atoms. The fourth-order valence-electron chi connectivity index (χ4n) is 4.11. The van der Waals surface area contributed by atoms with Crippen LogP contribution in [0.2, 0.25) is 20.1 Å². The van der Waals surface area contributed by atoms with Gasteiger partial charge in [0.25, 0.3) is 11.8 Å². The molecule has 12 nitrogen and oxygen atoms in total. The number of aromatic nitrogens is 3. The smallest absolute Gasteiger partial charge is 0.263 e. The second kappa shape index (κ2) is 14.1. The molecule has 2 aromatic rings. The van der Waals surface area contributed by atoms with Crippen LogP contribution in [0.1, 0.15) is 26.4 Å². The maximum absolute atomic E-state index is 12.7. The number of sulfone groups is 1. The molecule has 0 aliphatic carbocycles. The van der Waals surface area contributed by atoms with Crippen molar-refractivity contribution in [2.24, 2.45) is 0 Å². The summed E-state index contributed by atoms with van der Waals surface area (Å²) in [6.45, 7) is 3.93. The first-order chi connectivity index (χ1) is 19.1. The number of carbonyl (C=O) groups excluding carboxylic acids is 2. The van der Waals surface area contributed by atoms with Gasteiger partial charge in [-0.1, -0.05) is 51.6 Å². The first kappa shape index (κ1) is 31.4. The van der Waals surface area contributed by atoms with Gasteiger partial charge in [0.05, 0.1) is 101 Å². The fourth-order valence-corrected chi connectivity index (χ4v) is 6.40. The Morgan fingerprint density at radius 1 is 0.750 bits per heavy atom. The number of nitrogens with zero attached hydrogens (tertiary/aromatic N) is 5. The highest BCUT2D eigenvalue weighted by molar-refractivity contribution is 7.91. The summed E-state index contributed by atoms with van der Waals surface area (Å²) in [5, 5.41) is 7.84. The number of fused-ring (bicyclic) bond motifs is 1. The summed E-state index contributed by atoms with van der Waals surface area (Å²) in [4.78, 5) is 28.4. The number of rotatable bonds is 14. The molecule has 0 radical (unpaired) electrons. The van der Waals surface area contributed by atoms with Gasteiger partial charge in [0.15, 0.2) is 9.84 Å². The van der Waals surface area contributed by atoms with Gasteiger partial charge >= 0.3 is 0 Å². The third kappa shape index (κ3) is 7.64. The summed E-state index contributed by atoms with van der Waals surface area (Å²) in [5.74, 6) is -0.860. The first-order valence-corrected chi connectivity index (χ1v) is 15.7. The van der Waals surface area contributed by atoms with Crippen LogP contribution in [0.15, 0.2) is 6.20 Å². The Bertz CT molecular complexity index is 1300. The zero-order valence-electron chi connectivity index (χ0n) is 21.3. The number of carbonyl (C=O) groups is 2. The zero-order valence-corrected chi connectivity index (χ0v) is 25.1. The van der Waals surface area contributed by atoms with E-state index in [4.69, 9.17) is 60.6 Å². The lowest BCUT2D eigenvalue weighted by Crippen LogP contribution is -2.39. The number of benzene rings is 1. The Labute approximate surface area is 251 Å². The predicted molar refractivity (Wildman–Crippen MR) is 148 cm³/mol. The summed E-state index contributed by atoms with van der Waals surface area (Å²) in [5.41, 5.74) is 0.665. The molecule has 1 aromatic carbocycles. The molecule has 220 valence electrons. The lowest BCUT2D eigenvalue weighted by molar-refractivity contribution is 0.00960.